The van der Waals surface area contributed by atoms with Crippen LogP contribution in [0.3, 0.4) is 0 Å². The van der Waals surface area contributed by atoms with Gasteiger partial charge in [0.25, 0.3) is 11.8 Å². The van der Waals surface area contributed by atoms with Crippen molar-refractivity contribution in [3.05, 3.63) is 22.2 Å². The second kappa shape index (κ2) is 6.13. The zero-order valence-electron chi connectivity index (χ0n) is 11.2. The fourth-order valence-corrected chi connectivity index (χ4v) is 2.35. The van der Waals surface area contributed by atoms with Crippen molar-refractivity contribution in [2.75, 3.05) is 25.5 Å². The Hall–Kier alpha value is -2.09. The van der Waals surface area contributed by atoms with Crippen LogP contribution in [0.25, 0.3) is 0 Å². The summed E-state index contributed by atoms with van der Waals surface area (Å²) in [5, 5.41) is 11.3. The number of hydrogen-bond donors (Lipinski definition) is 2. The highest BCUT2D eigenvalue weighted by Crippen LogP contribution is 2.34. The summed E-state index contributed by atoms with van der Waals surface area (Å²) in [6.07, 6.45) is -0.128. The summed E-state index contributed by atoms with van der Waals surface area (Å²) >= 11 is 3.27. The number of hydrogen-bond acceptors (Lipinski definition) is 4. The number of halogens is 1. The minimum absolute atomic E-state index is 0.100. The van der Waals surface area contributed by atoms with Crippen LogP contribution in [0.4, 0.5) is 5.69 Å². The number of carboxylic acid groups (broad SMARTS) is 1. The molecule has 1 aromatic carbocycles. The molecule has 0 aromatic heterocycles. The zero-order valence-corrected chi connectivity index (χ0v) is 12.8. The lowest BCUT2D eigenvalue weighted by Crippen LogP contribution is -2.30. The molecule has 0 aliphatic carbocycles. The third-order valence-corrected chi connectivity index (χ3v) is 3.60. The van der Waals surface area contributed by atoms with Crippen LogP contribution in [0.5, 0.6) is 5.75 Å². The smallest absolute Gasteiger partial charge is 0.305 e. The van der Waals surface area contributed by atoms with Gasteiger partial charge in [-0.3, -0.25) is 14.4 Å². The van der Waals surface area contributed by atoms with E-state index >= 15 is 0 Å². The van der Waals surface area contributed by atoms with Crippen molar-refractivity contribution in [3.63, 3.8) is 0 Å². The quantitative estimate of drug-likeness (QED) is 0.848. The van der Waals surface area contributed by atoms with Crippen LogP contribution in [0.2, 0.25) is 0 Å². The van der Waals surface area contributed by atoms with E-state index in [0.29, 0.717) is 21.5 Å². The van der Waals surface area contributed by atoms with E-state index in [0.717, 1.165) is 0 Å². The minimum atomic E-state index is -0.967. The second-order valence-electron chi connectivity index (χ2n) is 4.54. The van der Waals surface area contributed by atoms with Gasteiger partial charge in [-0.2, -0.15) is 0 Å². The van der Waals surface area contributed by atoms with Crippen molar-refractivity contribution in [2.24, 2.45) is 0 Å². The summed E-state index contributed by atoms with van der Waals surface area (Å²) in [6.45, 7) is 0.00635. The molecule has 0 spiro atoms. The van der Waals surface area contributed by atoms with Gasteiger partial charge in [-0.05, 0) is 28.1 Å². The van der Waals surface area contributed by atoms with Crippen molar-refractivity contribution in [1.82, 2.24) is 4.90 Å². The Labute approximate surface area is 129 Å². The molecule has 0 fully saturated rings. The summed E-state index contributed by atoms with van der Waals surface area (Å²) < 4.78 is 5.76. The number of nitrogens with one attached hydrogen (secondary N) is 1. The maximum Gasteiger partial charge on any atom is 0.305 e. The van der Waals surface area contributed by atoms with Crippen LogP contribution < -0.4 is 10.1 Å². The SMILES string of the molecule is CN(CCC(=O)O)C(=O)c1cc2c(cc1Br)NC(=O)CO2. The van der Waals surface area contributed by atoms with Gasteiger partial charge in [-0.15, -0.1) is 0 Å². The number of carboxylic acids is 1. The Kier molecular flexibility index (Phi) is 4.46. The molecule has 0 atom stereocenters. The lowest BCUT2D eigenvalue weighted by molar-refractivity contribution is -0.137. The van der Waals surface area contributed by atoms with Crippen molar-refractivity contribution in [2.45, 2.75) is 6.42 Å². The van der Waals surface area contributed by atoms with Crippen molar-refractivity contribution >= 4 is 39.4 Å². The number of fused-ring (bicyclic) bond motifs is 1. The molecule has 21 heavy (non-hydrogen) atoms. The van der Waals surface area contributed by atoms with E-state index in [1.54, 1.807) is 6.07 Å². The van der Waals surface area contributed by atoms with E-state index in [9.17, 15) is 14.4 Å². The molecular weight excluding hydrogens is 344 g/mol. The Bertz CT molecular complexity index is 617. The third kappa shape index (κ3) is 3.52. The molecule has 2 amide bonds. The molecule has 1 heterocycles. The van der Waals surface area contributed by atoms with Crippen LogP contribution in [-0.4, -0.2) is 48.0 Å². The predicted octanol–water partition coefficient (Wildman–Crippen LogP) is 1.33. The molecule has 8 heteroatoms. The number of amides is 2. The van der Waals surface area contributed by atoms with Gasteiger partial charge in [0.05, 0.1) is 17.7 Å². The van der Waals surface area contributed by atoms with E-state index in [1.165, 1.54) is 18.0 Å². The number of aliphatic carboxylic acids is 1. The van der Waals surface area contributed by atoms with Gasteiger partial charge in [-0.25, -0.2) is 0 Å². The Morgan fingerprint density at radius 2 is 2.19 bits per heavy atom. The summed E-state index contributed by atoms with van der Waals surface area (Å²) in [7, 11) is 1.53. The Morgan fingerprint density at radius 3 is 2.86 bits per heavy atom. The van der Waals surface area contributed by atoms with E-state index in [1.807, 2.05) is 0 Å². The van der Waals surface area contributed by atoms with Crippen molar-refractivity contribution < 1.29 is 24.2 Å². The van der Waals surface area contributed by atoms with Gasteiger partial charge in [0.1, 0.15) is 5.75 Å². The van der Waals surface area contributed by atoms with E-state index in [2.05, 4.69) is 21.2 Å². The van der Waals surface area contributed by atoms with Crippen LogP contribution in [0, 0.1) is 0 Å². The molecule has 1 aliphatic heterocycles. The van der Waals surface area contributed by atoms with Gasteiger partial charge in [0.15, 0.2) is 6.61 Å². The van der Waals surface area contributed by atoms with Crippen LogP contribution in [0.15, 0.2) is 16.6 Å². The first kappa shape index (κ1) is 15.3. The lowest BCUT2D eigenvalue weighted by Gasteiger charge is -2.21. The molecule has 0 saturated carbocycles. The number of ether oxygens (including phenoxy) is 1. The number of benzene rings is 1. The normalized spacial score (nSPS) is 13.0. The summed E-state index contributed by atoms with van der Waals surface area (Å²) in [5.41, 5.74) is 0.834. The third-order valence-electron chi connectivity index (χ3n) is 2.94. The number of nitrogens with zero attached hydrogens (tertiary/aromatic N) is 1. The first-order valence-electron chi connectivity index (χ1n) is 6.12. The average molecular weight is 357 g/mol. The number of anilines is 1. The maximum atomic E-state index is 12.3. The van der Waals surface area contributed by atoms with Gasteiger partial charge in [0.2, 0.25) is 0 Å². The summed E-state index contributed by atoms with van der Waals surface area (Å²) in [5.74, 6) is -1.14. The van der Waals surface area contributed by atoms with Crippen molar-refractivity contribution in [1.29, 1.82) is 0 Å². The second-order valence-corrected chi connectivity index (χ2v) is 5.39. The summed E-state index contributed by atoms with van der Waals surface area (Å²) in [4.78, 5) is 35.4. The molecule has 2 N–H and O–H groups in total. The highest BCUT2D eigenvalue weighted by atomic mass is 79.9. The average Bonchev–Trinajstić information content (AvgIpc) is 2.43. The van der Waals surface area contributed by atoms with E-state index in [4.69, 9.17) is 9.84 Å². The topological polar surface area (TPSA) is 95.9 Å². The first-order valence-corrected chi connectivity index (χ1v) is 6.91. The largest absolute Gasteiger partial charge is 0.482 e. The van der Waals surface area contributed by atoms with Gasteiger partial charge < -0.3 is 20.1 Å². The van der Waals surface area contributed by atoms with Crippen LogP contribution in [-0.2, 0) is 9.59 Å². The Balaban J connectivity index is 2.21. The molecule has 1 aliphatic rings. The highest BCUT2D eigenvalue weighted by molar-refractivity contribution is 9.10. The first-order chi connectivity index (χ1) is 9.88. The standard InChI is InChI=1S/C13H13BrN2O5/c1-16(3-2-12(18)19)13(20)7-4-10-9(5-8(7)14)15-11(17)6-21-10/h4-5H,2-3,6H2,1H3,(H,15,17)(H,18,19). The van der Waals surface area contributed by atoms with Crippen molar-refractivity contribution in [3.8, 4) is 5.75 Å². The molecule has 1 aromatic rings. The lowest BCUT2D eigenvalue weighted by atomic mass is 10.1. The fraction of sp³-hybridized carbons (Fsp3) is 0.308. The molecule has 7 nitrogen and oxygen atoms in total. The molecule has 2 rings (SSSR count). The molecular formula is C13H13BrN2O5. The molecule has 0 bridgehead atoms. The molecule has 0 unspecified atom stereocenters. The Morgan fingerprint density at radius 1 is 1.48 bits per heavy atom. The molecule has 0 radical (unpaired) electrons. The fourth-order valence-electron chi connectivity index (χ4n) is 1.83. The maximum absolute atomic E-state index is 12.3. The number of carbonyl (C=O) groups is 3. The highest BCUT2D eigenvalue weighted by Gasteiger charge is 2.22. The number of rotatable bonds is 4. The predicted molar refractivity (Wildman–Crippen MR) is 77.5 cm³/mol. The van der Waals surface area contributed by atoms with Gasteiger partial charge >= 0.3 is 5.97 Å². The molecule has 112 valence electrons. The van der Waals surface area contributed by atoms with E-state index < -0.39 is 5.97 Å². The molecule has 0 saturated heterocycles. The zero-order chi connectivity index (χ0) is 15.6. The monoisotopic (exact) mass is 356 g/mol. The number of carbonyl (C=O) groups excluding carboxylic acids is 2. The minimum Gasteiger partial charge on any atom is -0.482 e. The summed E-state index contributed by atoms with van der Waals surface area (Å²) in [6, 6.07) is 3.11. The van der Waals surface area contributed by atoms with Gasteiger partial charge in [0, 0.05) is 18.1 Å². The van der Waals surface area contributed by atoms with Crippen LogP contribution >= 0.6 is 15.9 Å². The van der Waals surface area contributed by atoms with Crippen LogP contribution in [0.1, 0.15) is 16.8 Å². The van der Waals surface area contributed by atoms with E-state index in [-0.39, 0.29) is 31.4 Å². The van der Waals surface area contributed by atoms with Gasteiger partial charge in [-0.1, -0.05) is 0 Å².